The number of amides is 3. The van der Waals surface area contributed by atoms with Crippen LogP contribution in [0.1, 0.15) is 24.0 Å². The van der Waals surface area contributed by atoms with Gasteiger partial charge in [-0.25, -0.2) is 0 Å². The number of benzene rings is 2. The Hall–Kier alpha value is -3.99. The summed E-state index contributed by atoms with van der Waals surface area (Å²) in [5.74, 6) is -2.64. The molecule has 34 heavy (non-hydrogen) atoms. The third-order valence-electron chi connectivity index (χ3n) is 4.98. The van der Waals surface area contributed by atoms with E-state index in [-0.39, 0.29) is 54.8 Å². The van der Waals surface area contributed by atoms with Crippen molar-refractivity contribution in [3.63, 3.8) is 0 Å². The van der Waals surface area contributed by atoms with Crippen LogP contribution in [-0.4, -0.2) is 69.0 Å². The molecule has 11 nitrogen and oxygen atoms in total. The quantitative estimate of drug-likeness (QED) is 0.193. The summed E-state index contributed by atoms with van der Waals surface area (Å²) in [6, 6.07) is 7.63. The summed E-state index contributed by atoms with van der Waals surface area (Å²) >= 11 is 0. The van der Waals surface area contributed by atoms with Gasteiger partial charge in [0.05, 0.1) is 0 Å². The van der Waals surface area contributed by atoms with Gasteiger partial charge in [0.25, 0.3) is 0 Å². The number of hydrogen-bond acceptors (Lipinski definition) is 8. The van der Waals surface area contributed by atoms with Gasteiger partial charge in [-0.05, 0) is 54.7 Å². The number of phenolic OH excluding ortho intramolecular Hbond substituents is 4. The van der Waals surface area contributed by atoms with E-state index in [2.05, 4.69) is 16.0 Å². The van der Waals surface area contributed by atoms with E-state index in [1.54, 1.807) is 12.1 Å². The molecule has 0 unspecified atom stereocenters. The number of carbonyl (C=O) groups is 3. The number of carbonyl (C=O) groups excluding carboxylic acids is 3. The molecule has 184 valence electrons. The second-order valence-corrected chi connectivity index (χ2v) is 7.60. The lowest BCUT2D eigenvalue weighted by molar-refractivity contribution is -0.131. The van der Waals surface area contributed by atoms with E-state index in [9.17, 15) is 34.8 Å². The Kier molecular flexibility index (Phi) is 9.96. The van der Waals surface area contributed by atoms with E-state index in [1.807, 2.05) is 0 Å². The van der Waals surface area contributed by atoms with E-state index in [4.69, 9.17) is 5.11 Å². The van der Waals surface area contributed by atoms with Crippen molar-refractivity contribution in [2.75, 3.05) is 19.7 Å². The highest BCUT2D eigenvalue weighted by Gasteiger charge is 2.21. The zero-order valence-electron chi connectivity index (χ0n) is 18.5. The van der Waals surface area contributed by atoms with Crippen molar-refractivity contribution in [2.24, 2.45) is 0 Å². The summed E-state index contributed by atoms with van der Waals surface area (Å²) in [6.45, 7) is -0.356. The van der Waals surface area contributed by atoms with Crippen molar-refractivity contribution in [1.29, 1.82) is 0 Å². The molecule has 2 rings (SSSR count). The molecule has 0 saturated heterocycles. The summed E-state index contributed by atoms with van der Waals surface area (Å²) in [6.07, 6.45) is 0.713. The molecular weight excluding hydrogens is 446 g/mol. The number of aromatic hydroxyl groups is 4. The van der Waals surface area contributed by atoms with Crippen LogP contribution in [0.2, 0.25) is 0 Å². The Balaban J connectivity index is 1.80. The summed E-state index contributed by atoms with van der Waals surface area (Å²) in [5, 5.41) is 54.4. The average Bonchev–Trinajstić information content (AvgIpc) is 2.81. The molecule has 0 spiro atoms. The summed E-state index contributed by atoms with van der Waals surface area (Å²) < 4.78 is 0. The fourth-order valence-corrected chi connectivity index (χ4v) is 3.12. The minimum absolute atomic E-state index is 0.00337. The van der Waals surface area contributed by atoms with Crippen molar-refractivity contribution in [3.8, 4) is 23.0 Å². The van der Waals surface area contributed by atoms with Gasteiger partial charge in [-0.2, -0.15) is 0 Å². The second kappa shape index (κ2) is 12.9. The molecule has 0 heterocycles. The predicted molar refractivity (Wildman–Crippen MR) is 121 cm³/mol. The topological polar surface area (TPSA) is 188 Å². The maximum absolute atomic E-state index is 12.5. The summed E-state index contributed by atoms with van der Waals surface area (Å²) in [5.41, 5.74) is 1.39. The molecule has 0 aromatic heterocycles. The van der Waals surface area contributed by atoms with Gasteiger partial charge in [-0.15, -0.1) is 0 Å². The highest BCUT2D eigenvalue weighted by molar-refractivity contribution is 5.88. The highest BCUT2D eigenvalue weighted by Crippen LogP contribution is 2.25. The fourth-order valence-electron chi connectivity index (χ4n) is 3.12. The normalized spacial score (nSPS) is 11.4. The maximum atomic E-state index is 12.5. The lowest BCUT2D eigenvalue weighted by Crippen LogP contribution is -2.48. The molecule has 0 aliphatic rings. The zero-order valence-corrected chi connectivity index (χ0v) is 18.5. The van der Waals surface area contributed by atoms with Gasteiger partial charge in [0, 0.05) is 19.5 Å². The van der Waals surface area contributed by atoms with Gasteiger partial charge in [0.1, 0.15) is 12.6 Å². The molecule has 0 saturated carbocycles. The molecule has 0 aliphatic carbocycles. The van der Waals surface area contributed by atoms with E-state index in [1.165, 1.54) is 24.3 Å². The first-order valence-corrected chi connectivity index (χ1v) is 10.7. The maximum Gasteiger partial charge on any atom is 0.246 e. The molecule has 2 aromatic carbocycles. The summed E-state index contributed by atoms with van der Waals surface area (Å²) in [4.78, 5) is 36.2. The minimum Gasteiger partial charge on any atom is -0.504 e. The number of phenols is 4. The lowest BCUT2D eigenvalue weighted by Gasteiger charge is -2.18. The van der Waals surface area contributed by atoms with Crippen molar-refractivity contribution < 1.29 is 39.9 Å². The number of aliphatic hydroxyl groups is 1. The molecular formula is C23H29N3O8. The van der Waals surface area contributed by atoms with Crippen LogP contribution in [0.15, 0.2) is 36.4 Å². The fraction of sp³-hybridized carbons (Fsp3) is 0.348. The standard InChI is InChI=1S/C23H29N3O8/c27-13-22(33)26-16(23(34)25-10-8-15-2-5-18(29)20(31)12-15)3-6-21(32)24-9-7-14-1-4-17(28)19(30)11-14/h1-2,4-5,11-12,16,27-31H,3,6-10,13H2,(H,24,32)(H,25,34)(H,26,33)/t16-/m0/s1. The molecule has 0 bridgehead atoms. The predicted octanol–water partition coefficient (Wildman–Crippen LogP) is -0.216. The third-order valence-corrected chi connectivity index (χ3v) is 4.98. The monoisotopic (exact) mass is 475 g/mol. The van der Waals surface area contributed by atoms with E-state index < -0.39 is 24.5 Å². The molecule has 8 N–H and O–H groups in total. The van der Waals surface area contributed by atoms with Gasteiger partial charge in [0.15, 0.2) is 23.0 Å². The van der Waals surface area contributed by atoms with Crippen molar-refractivity contribution in [2.45, 2.75) is 31.7 Å². The van der Waals surface area contributed by atoms with Crippen molar-refractivity contribution >= 4 is 17.7 Å². The number of nitrogens with one attached hydrogen (secondary N) is 3. The average molecular weight is 475 g/mol. The van der Waals surface area contributed by atoms with Gasteiger partial charge < -0.3 is 41.5 Å². The molecule has 3 amide bonds. The van der Waals surface area contributed by atoms with Crippen LogP contribution in [0.3, 0.4) is 0 Å². The van der Waals surface area contributed by atoms with E-state index >= 15 is 0 Å². The summed E-state index contributed by atoms with van der Waals surface area (Å²) in [7, 11) is 0. The first-order valence-electron chi connectivity index (χ1n) is 10.7. The Morgan fingerprint density at radius 2 is 1.26 bits per heavy atom. The first kappa shape index (κ1) is 26.3. The number of aliphatic hydroxyl groups excluding tert-OH is 1. The van der Waals surface area contributed by atoms with Crippen LogP contribution in [0.4, 0.5) is 0 Å². The van der Waals surface area contributed by atoms with Gasteiger partial charge in [-0.1, -0.05) is 12.1 Å². The zero-order chi connectivity index (χ0) is 25.1. The molecule has 0 radical (unpaired) electrons. The first-order chi connectivity index (χ1) is 16.2. The second-order valence-electron chi connectivity index (χ2n) is 7.60. The Morgan fingerprint density at radius 3 is 1.76 bits per heavy atom. The highest BCUT2D eigenvalue weighted by atomic mass is 16.3. The van der Waals surface area contributed by atoms with Crippen LogP contribution in [0.5, 0.6) is 23.0 Å². The Morgan fingerprint density at radius 1 is 0.735 bits per heavy atom. The van der Waals surface area contributed by atoms with Crippen LogP contribution in [0.25, 0.3) is 0 Å². The van der Waals surface area contributed by atoms with Crippen LogP contribution in [0, 0.1) is 0 Å². The number of hydrogen-bond donors (Lipinski definition) is 8. The van der Waals surface area contributed by atoms with Crippen LogP contribution >= 0.6 is 0 Å². The van der Waals surface area contributed by atoms with Gasteiger partial charge >= 0.3 is 0 Å². The third kappa shape index (κ3) is 8.51. The van der Waals surface area contributed by atoms with E-state index in [0.29, 0.717) is 24.0 Å². The molecule has 11 heteroatoms. The van der Waals surface area contributed by atoms with Crippen molar-refractivity contribution in [3.05, 3.63) is 47.5 Å². The number of rotatable bonds is 12. The Labute approximate surface area is 196 Å². The van der Waals surface area contributed by atoms with Gasteiger partial charge in [0.2, 0.25) is 17.7 Å². The largest absolute Gasteiger partial charge is 0.504 e. The molecule has 2 aromatic rings. The molecule has 0 aliphatic heterocycles. The Bertz CT molecular complexity index is 1010. The lowest BCUT2D eigenvalue weighted by atomic mass is 10.1. The van der Waals surface area contributed by atoms with Crippen LogP contribution in [-0.2, 0) is 27.2 Å². The molecule has 0 fully saturated rings. The van der Waals surface area contributed by atoms with Crippen LogP contribution < -0.4 is 16.0 Å². The smallest absolute Gasteiger partial charge is 0.246 e. The molecule has 1 atom stereocenters. The van der Waals surface area contributed by atoms with Crippen molar-refractivity contribution in [1.82, 2.24) is 16.0 Å². The SMILES string of the molecule is O=C(CC[C@H](NC(=O)CO)C(=O)NCCc1ccc(O)c(O)c1)NCCc1ccc(O)c(O)c1. The van der Waals surface area contributed by atoms with E-state index in [0.717, 1.165) is 0 Å². The van der Waals surface area contributed by atoms with Gasteiger partial charge in [-0.3, -0.25) is 14.4 Å². The minimum atomic E-state index is -1.03.